The van der Waals surface area contributed by atoms with E-state index in [4.69, 9.17) is 9.15 Å². The maximum Gasteiger partial charge on any atom is 0.181 e. The smallest absolute Gasteiger partial charge is 0.181 e. The molecule has 0 fully saturated rings. The van der Waals surface area contributed by atoms with Gasteiger partial charge in [-0.15, -0.1) is 0 Å². The van der Waals surface area contributed by atoms with Gasteiger partial charge in [0.05, 0.1) is 13.2 Å². The van der Waals surface area contributed by atoms with Crippen LogP contribution in [0.25, 0.3) is 0 Å². The summed E-state index contributed by atoms with van der Waals surface area (Å²) >= 11 is 0. The van der Waals surface area contributed by atoms with Gasteiger partial charge >= 0.3 is 0 Å². The largest absolute Gasteiger partial charge is 0.448 e. The summed E-state index contributed by atoms with van der Waals surface area (Å²) in [6.45, 7) is 1.38. The predicted octanol–water partition coefficient (Wildman–Crippen LogP) is 0.747. The molecule has 1 aromatic rings. The topological polar surface area (TPSA) is 35.3 Å². The Bertz CT molecular complexity index is 186. The summed E-state index contributed by atoms with van der Waals surface area (Å²) in [6, 6.07) is 0. The first-order valence-corrected chi connectivity index (χ1v) is 2.96. The van der Waals surface area contributed by atoms with Gasteiger partial charge in [0.15, 0.2) is 6.39 Å². The van der Waals surface area contributed by atoms with E-state index in [1.807, 2.05) is 0 Å². The van der Waals surface area contributed by atoms with Crippen LogP contribution in [0.2, 0.25) is 0 Å². The monoisotopic (exact) mass is 125 g/mol. The van der Waals surface area contributed by atoms with Crippen LogP contribution in [0.1, 0.15) is 11.5 Å². The fraction of sp³-hybridized carbons (Fsp3) is 0.500. The average Bonchev–Trinajstić information content (AvgIpc) is 2.33. The Balaban J connectivity index is 2.39. The number of rotatable bonds is 0. The molecule has 1 aromatic heterocycles. The zero-order valence-electron chi connectivity index (χ0n) is 4.96. The highest BCUT2D eigenvalue weighted by Crippen LogP contribution is 2.13. The number of nitrogens with zero attached hydrogens (tertiary/aromatic N) is 1. The van der Waals surface area contributed by atoms with E-state index in [0.717, 1.165) is 24.5 Å². The van der Waals surface area contributed by atoms with Gasteiger partial charge in [0.1, 0.15) is 11.5 Å². The van der Waals surface area contributed by atoms with E-state index in [1.165, 1.54) is 6.39 Å². The van der Waals surface area contributed by atoms with Gasteiger partial charge in [-0.25, -0.2) is 4.98 Å². The van der Waals surface area contributed by atoms with E-state index >= 15 is 0 Å². The molecule has 0 atom stereocenters. The molecule has 0 aromatic carbocycles. The second-order valence-corrected chi connectivity index (χ2v) is 2.02. The summed E-state index contributed by atoms with van der Waals surface area (Å²) in [5.74, 6) is 0.987. The van der Waals surface area contributed by atoms with Crippen LogP contribution in [-0.4, -0.2) is 11.6 Å². The quantitative estimate of drug-likeness (QED) is 0.513. The number of hydrogen-bond acceptors (Lipinski definition) is 3. The number of oxazole rings is 1. The Morgan fingerprint density at radius 1 is 1.56 bits per heavy atom. The van der Waals surface area contributed by atoms with Gasteiger partial charge in [0.2, 0.25) is 0 Å². The van der Waals surface area contributed by atoms with E-state index in [2.05, 4.69) is 4.98 Å². The van der Waals surface area contributed by atoms with Crippen LogP contribution >= 0.6 is 0 Å². The molecule has 0 amide bonds. The van der Waals surface area contributed by atoms with E-state index < -0.39 is 0 Å². The fourth-order valence-electron chi connectivity index (χ4n) is 0.948. The first kappa shape index (κ1) is 4.99. The molecule has 2 rings (SSSR count). The van der Waals surface area contributed by atoms with Gasteiger partial charge in [-0.05, 0) is 0 Å². The Labute approximate surface area is 52.6 Å². The molecule has 0 bridgehead atoms. The van der Waals surface area contributed by atoms with Gasteiger partial charge < -0.3 is 9.15 Å². The standard InChI is InChI=1S/C6H7NO2/c1-2-8-3-5-6(1)9-4-7-5/h4H,1-3H2. The molecular weight excluding hydrogens is 118 g/mol. The molecule has 1 aliphatic heterocycles. The van der Waals surface area contributed by atoms with Crippen molar-refractivity contribution in [1.82, 2.24) is 4.98 Å². The maximum absolute atomic E-state index is 5.13. The molecule has 0 unspecified atom stereocenters. The van der Waals surface area contributed by atoms with Crippen molar-refractivity contribution in [3.05, 3.63) is 17.8 Å². The van der Waals surface area contributed by atoms with Crippen LogP contribution in [0.3, 0.4) is 0 Å². The average molecular weight is 125 g/mol. The molecule has 2 heterocycles. The Kier molecular flexibility index (Phi) is 1.02. The van der Waals surface area contributed by atoms with Gasteiger partial charge in [-0.2, -0.15) is 0 Å². The van der Waals surface area contributed by atoms with Crippen molar-refractivity contribution in [2.45, 2.75) is 13.0 Å². The zero-order valence-corrected chi connectivity index (χ0v) is 4.96. The molecule has 1 aliphatic rings. The molecule has 48 valence electrons. The number of ether oxygens (including phenoxy) is 1. The van der Waals surface area contributed by atoms with Crippen LogP contribution < -0.4 is 0 Å². The first-order valence-electron chi connectivity index (χ1n) is 2.96. The first-order chi connectivity index (χ1) is 4.47. The minimum atomic E-state index is 0.617. The van der Waals surface area contributed by atoms with E-state index in [-0.39, 0.29) is 0 Å². The van der Waals surface area contributed by atoms with Crippen LogP contribution in [0.5, 0.6) is 0 Å². The normalized spacial score (nSPS) is 17.3. The van der Waals surface area contributed by atoms with E-state index in [0.29, 0.717) is 6.61 Å². The molecule has 9 heavy (non-hydrogen) atoms. The Morgan fingerprint density at radius 2 is 2.56 bits per heavy atom. The van der Waals surface area contributed by atoms with Crippen LogP contribution in [0, 0.1) is 0 Å². The third-order valence-electron chi connectivity index (χ3n) is 1.44. The highest BCUT2D eigenvalue weighted by atomic mass is 16.5. The second kappa shape index (κ2) is 1.84. The Morgan fingerprint density at radius 3 is 3.44 bits per heavy atom. The lowest BCUT2D eigenvalue weighted by atomic mass is 10.2. The molecule has 3 nitrogen and oxygen atoms in total. The number of hydrogen-bond donors (Lipinski definition) is 0. The maximum atomic E-state index is 5.13. The van der Waals surface area contributed by atoms with Crippen molar-refractivity contribution in [3.8, 4) is 0 Å². The van der Waals surface area contributed by atoms with Gasteiger partial charge in [-0.3, -0.25) is 0 Å². The molecule has 0 radical (unpaired) electrons. The molecule has 0 N–H and O–H groups in total. The molecular formula is C6H7NO2. The minimum Gasteiger partial charge on any atom is -0.448 e. The highest BCUT2D eigenvalue weighted by Gasteiger charge is 2.12. The number of fused-ring (bicyclic) bond motifs is 1. The summed E-state index contributed by atoms with van der Waals surface area (Å²) in [7, 11) is 0. The lowest BCUT2D eigenvalue weighted by molar-refractivity contribution is 0.102. The van der Waals surface area contributed by atoms with Crippen molar-refractivity contribution in [2.75, 3.05) is 6.61 Å². The van der Waals surface area contributed by atoms with Crippen LogP contribution in [0.4, 0.5) is 0 Å². The summed E-state index contributed by atoms with van der Waals surface area (Å²) in [5, 5.41) is 0. The molecule has 0 saturated heterocycles. The van der Waals surface area contributed by atoms with Gasteiger partial charge in [0.25, 0.3) is 0 Å². The zero-order chi connectivity index (χ0) is 6.10. The van der Waals surface area contributed by atoms with Crippen molar-refractivity contribution in [1.29, 1.82) is 0 Å². The second-order valence-electron chi connectivity index (χ2n) is 2.02. The van der Waals surface area contributed by atoms with Crippen molar-refractivity contribution < 1.29 is 9.15 Å². The Hall–Kier alpha value is -0.830. The molecule has 0 saturated carbocycles. The minimum absolute atomic E-state index is 0.617. The summed E-state index contributed by atoms with van der Waals surface area (Å²) in [4.78, 5) is 3.97. The van der Waals surface area contributed by atoms with E-state index in [9.17, 15) is 0 Å². The SMILES string of the molecule is c1nc2c(o1)CCOC2. The van der Waals surface area contributed by atoms with Crippen molar-refractivity contribution >= 4 is 0 Å². The van der Waals surface area contributed by atoms with Gasteiger partial charge in [-0.1, -0.05) is 0 Å². The van der Waals surface area contributed by atoms with Gasteiger partial charge in [0, 0.05) is 6.42 Å². The number of aromatic nitrogens is 1. The third-order valence-corrected chi connectivity index (χ3v) is 1.44. The third kappa shape index (κ3) is 0.733. The predicted molar refractivity (Wildman–Crippen MR) is 29.9 cm³/mol. The molecule has 0 aliphatic carbocycles. The summed E-state index contributed by atoms with van der Waals surface area (Å²) in [5.41, 5.74) is 0.959. The fourth-order valence-corrected chi connectivity index (χ4v) is 0.948. The lowest BCUT2D eigenvalue weighted by Gasteiger charge is -2.07. The van der Waals surface area contributed by atoms with Crippen LogP contribution in [0.15, 0.2) is 10.8 Å². The van der Waals surface area contributed by atoms with Crippen molar-refractivity contribution in [2.24, 2.45) is 0 Å². The van der Waals surface area contributed by atoms with Crippen molar-refractivity contribution in [3.63, 3.8) is 0 Å². The summed E-state index contributed by atoms with van der Waals surface area (Å²) < 4.78 is 10.2. The summed E-state index contributed by atoms with van der Waals surface area (Å²) in [6.07, 6.45) is 2.34. The molecule has 3 heteroatoms. The highest BCUT2D eigenvalue weighted by molar-refractivity contribution is 5.07. The lowest BCUT2D eigenvalue weighted by Crippen LogP contribution is -2.07. The van der Waals surface area contributed by atoms with E-state index in [1.54, 1.807) is 0 Å². The molecule has 0 spiro atoms. The van der Waals surface area contributed by atoms with Crippen LogP contribution in [-0.2, 0) is 17.8 Å².